The molecule has 370 valence electrons. The molecule has 0 saturated heterocycles. The van der Waals surface area contributed by atoms with E-state index in [0.29, 0.717) is 13.0 Å². The Morgan fingerprint density at radius 1 is 0.452 bits per heavy atom. The third-order valence-corrected chi connectivity index (χ3v) is 13.5. The second-order valence-corrected chi connectivity index (χ2v) is 19.8. The van der Waals surface area contributed by atoms with Gasteiger partial charge in [-0.25, -0.2) is 4.57 Å². The second kappa shape index (κ2) is 40.6. The van der Waals surface area contributed by atoms with E-state index in [9.17, 15) is 39.8 Å². The normalized spacial score (nSPS) is 21.9. The lowest BCUT2D eigenvalue weighted by Crippen LogP contribution is -2.64. The van der Waals surface area contributed by atoms with Crippen molar-refractivity contribution >= 4 is 13.8 Å². The van der Waals surface area contributed by atoms with Gasteiger partial charge in [0, 0.05) is 13.0 Å². The number of hydrogen-bond donors (Lipinski definition) is 6. The molecular weight excluding hydrogens is 812 g/mol. The lowest BCUT2D eigenvalue weighted by molar-refractivity contribution is -0.220. The Balaban J connectivity index is 2.31. The maximum absolute atomic E-state index is 12.8. The van der Waals surface area contributed by atoms with Gasteiger partial charge in [0.05, 0.1) is 13.2 Å². The fraction of sp³-hybridized carbons (Fsp3) is 0.980. The van der Waals surface area contributed by atoms with Gasteiger partial charge in [0.2, 0.25) is 0 Å². The zero-order valence-electron chi connectivity index (χ0n) is 39.7. The maximum Gasteiger partial charge on any atom is 0.472 e. The van der Waals surface area contributed by atoms with E-state index < -0.39 is 63.1 Å². The number of hydrogen-bond acceptors (Lipinski definition) is 11. The molecule has 6 unspecified atom stereocenters. The van der Waals surface area contributed by atoms with Crippen LogP contribution in [0.25, 0.3) is 0 Å². The van der Waals surface area contributed by atoms with Crippen molar-refractivity contribution in [2.24, 2.45) is 0 Å². The van der Waals surface area contributed by atoms with Gasteiger partial charge in [-0.05, 0) is 12.8 Å². The van der Waals surface area contributed by atoms with Crippen LogP contribution >= 0.6 is 7.82 Å². The predicted molar refractivity (Wildman–Crippen MR) is 249 cm³/mol. The van der Waals surface area contributed by atoms with E-state index in [1.165, 1.54) is 180 Å². The SMILES string of the molecule is CCCCCCCCCCCCCCCCCCCCCCC(=O)OC(COCCCCCCCCCCCCCCCCC)COP(=O)(O)OC1C(O)C(O)C(O)C(O)C1O. The molecule has 62 heavy (non-hydrogen) atoms. The number of aliphatic hydroxyl groups excluding tert-OH is 5. The highest BCUT2D eigenvalue weighted by Gasteiger charge is 2.51. The fourth-order valence-electron chi connectivity index (χ4n) is 8.36. The molecule has 0 aromatic heterocycles. The van der Waals surface area contributed by atoms with Crippen LogP contribution in [0.5, 0.6) is 0 Å². The summed E-state index contributed by atoms with van der Waals surface area (Å²) in [5.41, 5.74) is 0. The van der Waals surface area contributed by atoms with Gasteiger partial charge in [0.1, 0.15) is 42.7 Å². The van der Waals surface area contributed by atoms with E-state index >= 15 is 0 Å². The van der Waals surface area contributed by atoms with Gasteiger partial charge in [-0.1, -0.05) is 226 Å². The molecule has 0 aromatic rings. The van der Waals surface area contributed by atoms with Crippen LogP contribution in [-0.4, -0.2) is 98.9 Å². The molecule has 6 atom stereocenters. The maximum atomic E-state index is 12.8. The van der Waals surface area contributed by atoms with Gasteiger partial charge in [-0.2, -0.15) is 0 Å². The van der Waals surface area contributed by atoms with Crippen LogP contribution in [0.1, 0.15) is 245 Å². The summed E-state index contributed by atoms with van der Waals surface area (Å²) in [5.74, 6) is -0.469. The standard InChI is InChI=1S/C49H97O12P/c1-3-5-7-9-11-13-15-17-19-20-21-22-23-24-26-28-30-32-34-36-38-43(50)60-42(41-59-62(56,57)61-49-47(54)45(52)44(51)46(53)48(49)55)40-58-39-37-35-33-31-29-27-25-18-16-14-12-10-8-6-4-2/h42,44-49,51-55H,3-41H2,1-2H3,(H,56,57). The van der Waals surface area contributed by atoms with Crippen LogP contribution in [0.2, 0.25) is 0 Å². The third kappa shape index (κ3) is 32.1. The molecule has 0 radical (unpaired) electrons. The molecular formula is C49H97O12P. The Hall–Kier alpha value is -0.660. The summed E-state index contributed by atoms with van der Waals surface area (Å²) in [7, 11) is -5.01. The summed E-state index contributed by atoms with van der Waals surface area (Å²) >= 11 is 0. The molecule has 1 aliphatic carbocycles. The molecule has 0 heterocycles. The van der Waals surface area contributed by atoms with E-state index in [1.807, 2.05) is 0 Å². The van der Waals surface area contributed by atoms with Crippen molar-refractivity contribution in [2.75, 3.05) is 19.8 Å². The first-order valence-corrected chi connectivity index (χ1v) is 27.4. The lowest BCUT2D eigenvalue weighted by atomic mass is 9.85. The molecule has 0 aromatic carbocycles. The van der Waals surface area contributed by atoms with Gasteiger partial charge in [0.25, 0.3) is 0 Å². The zero-order chi connectivity index (χ0) is 45.5. The minimum atomic E-state index is -5.01. The smallest absolute Gasteiger partial charge is 0.457 e. The highest BCUT2D eigenvalue weighted by atomic mass is 31.2. The number of unbranched alkanes of at least 4 members (excludes halogenated alkanes) is 33. The summed E-state index contributed by atoms with van der Waals surface area (Å²) in [6, 6.07) is 0. The topological polar surface area (TPSA) is 192 Å². The first-order chi connectivity index (χ1) is 30.0. The number of carbonyl (C=O) groups is 1. The number of aliphatic hydroxyl groups is 5. The van der Waals surface area contributed by atoms with Crippen molar-refractivity contribution in [3.63, 3.8) is 0 Å². The third-order valence-electron chi connectivity index (χ3n) is 12.5. The molecule has 1 aliphatic rings. The van der Waals surface area contributed by atoms with Crippen LogP contribution in [0.4, 0.5) is 0 Å². The van der Waals surface area contributed by atoms with E-state index in [4.69, 9.17) is 18.5 Å². The van der Waals surface area contributed by atoms with Crippen molar-refractivity contribution in [3.8, 4) is 0 Å². The first kappa shape index (κ1) is 59.4. The van der Waals surface area contributed by atoms with Crippen molar-refractivity contribution in [1.82, 2.24) is 0 Å². The largest absolute Gasteiger partial charge is 0.472 e. The van der Waals surface area contributed by atoms with Crippen molar-refractivity contribution in [1.29, 1.82) is 0 Å². The number of rotatable bonds is 45. The monoisotopic (exact) mass is 909 g/mol. The predicted octanol–water partition coefficient (Wildman–Crippen LogP) is 11.3. The molecule has 0 spiro atoms. The van der Waals surface area contributed by atoms with Crippen LogP contribution in [-0.2, 0) is 27.9 Å². The van der Waals surface area contributed by atoms with Gasteiger partial charge < -0.3 is 39.9 Å². The van der Waals surface area contributed by atoms with Gasteiger partial charge in [0.15, 0.2) is 0 Å². The molecule has 0 aliphatic heterocycles. The Morgan fingerprint density at radius 3 is 1.11 bits per heavy atom. The summed E-state index contributed by atoms with van der Waals surface area (Å²) in [6.45, 7) is 4.32. The number of phosphoric ester groups is 1. The van der Waals surface area contributed by atoms with E-state index in [-0.39, 0.29) is 13.0 Å². The average molecular weight is 909 g/mol. The van der Waals surface area contributed by atoms with Gasteiger partial charge >= 0.3 is 13.8 Å². The van der Waals surface area contributed by atoms with Crippen LogP contribution in [0, 0.1) is 0 Å². The molecule has 0 amide bonds. The number of phosphoric acid groups is 1. The highest BCUT2D eigenvalue weighted by molar-refractivity contribution is 7.47. The van der Waals surface area contributed by atoms with Crippen LogP contribution < -0.4 is 0 Å². The Bertz CT molecular complexity index is 1040. The van der Waals surface area contributed by atoms with E-state index in [0.717, 1.165) is 38.5 Å². The molecule has 0 bridgehead atoms. The Morgan fingerprint density at radius 2 is 0.758 bits per heavy atom. The number of carbonyl (C=O) groups excluding carboxylic acids is 1. The zero-order valence-corrected chi connectivity index (χ0v) is 40.6. The van der Waals surface area contributed by atoms with Crippen molar-refractivity contribution in [3.05, 3.63) is 0 Å². The highest BCUT2D eigenvalue weighted by Crippen LogP contribution is 2.47. The molecule has 1 rings (SSSR count). The minimum absolute atomic E-state index is 0.0676. The van der Waals surface area contributed by atoms with Crippen LogP contribution in [0.3, 0.4) is 0 Å². The molecule has 1 fully saturated rings. The summed E-state index contributed by atoms with van der Waals surface area (Å²) in [4.78, 5) is 23.2. The molecule has 13 heteroatoms. The van der Waals surface area contributed by atoms with Gasteiger partial charge in [-0.3, -0.25) is 13.8 Å². The number of esters is 1. The average Bonchev–Trinajstić information content (AvgIpc) is 3.26. The summed E-state index contributed by atoms with van der Waals surface area (Å²) in [5, 5.41) is 50.3. The first-order valence-electron chi connectivity index (χ1n) is 25.9. The van der Waals surface area contributed by atoms with Crippen molar-refractivity contribution in [2.45, 2.75) is 288 Å². The molecule has 6 N–H and O–H groups in total. The fourth-order valence-corrected chi connectivity index (χ4v) is 9.33. The Labute approximate surface area is 378 Å². The van der Waals surface area contributed by atoms with E-state index in [2.05, 4.69) is 13.8 Å². The molecule has 12 nitrogen and oxygen atoms in total. The van der Waals surface area contributed by atoms with Crippen molar-refractivity contribution < 1.29 is 58.3 Å². The van der Waals surface area contributed by atoms with E-state index in [1.54, 1.807) is 0 Å². The van der Waals surface area contributed by atoms with Gasteiger partial charge in [-0.15, -0.1) is 0 Å². The van der Waals surface area contributed by atoms with Crippen LogP contribution in [0.15, 0.2) is 0 Å². The Kier molecular flexibility index (Phi) is 38.9. The lowest BCUT2D eigenvalue weighted by Gasteiger charge is -2.41. The summed E-state index contributed by atoms with van der Waals surface area (Å²) in [6.07, 6.45) is 31.7. The quantitative estimate of drug-likeness (QED) is 0.0193. The minimum Gasteiger partial charge on any atom is -0.457 e. The summed E-state index contributed by atoms with van der Waals surface area (Å²) < 4.78 is 34.3. The number of ether oxygens (including phenoxy) is 2. The molecule has 1 saturated carbocycles. The second-order valence-electron chi connectivity index (χ2n) is 18.4.